The van der Waals surface area contributed by atoms with Gasteiger partial charge in [-0.25, -0.2) is 8.42 Å². The minimum Gasteiger partial charge on any atom is -0.394 e. The molecule has 0 spiro atoms. The van der Waals surface area contributed by atoms with Gasteiger partial charge in [-0.3, -0.25) is 4.68 Å². The molecule has 1 aliphatic heterocycles. The predicted octanol–water partition coefficient (Wildman–Crippen LogP) is -0.325. The molecule has 1 N–H and O–H groups in total. The van der Waals surface area contributed by atoms with Gasteiger partial charge in [-0.1, -0.05) is 0 Å². The zero-order valence-electron chi connectivity index (χ0n) is 11.1. The average Bonchev–Trinajstić information content (AvgIpc) is 2.77. The van der Waals surface area contributed by atoms with Crippen molar-refractivity contribution in [1.29, 1.82) is 0 Å². The van der Waals surface area contributed by atoms with Gasteiger partial charge in [-0.15, -0.1) is 0 Å². The molecule has 0 bridgehead atoms. The van der Waals surface area contributed by atoms with Gasteiger partial charge < -0.3 is 9.84 Å². The number of sulfonamides is 1. The van der Waals surface area contributed by atoms with E-state index in [9.17, 15) is 8.42 Å². The molecule has 1 aromatic heterocycles. The standard InChI is InChI=1S/C11H19N3O4S/c1-11(2)9-14(4-6-18-11)19(16,17)10-7-12-13(8-10)3-5-15/h7-8,15H,3-6,9H2,1-2H3. The Balaban J connectivity index is 2.21. The molecule has 2 rings (SSSR count). The number of rotatable bonds is 4. The van der Waals surface area contributed by atoms with Crippen LogP contribution in [0.25, 0.3) is 0 Å². The van der Waals surface area contributed by atoms with Crippen LogP contribution in [-0.4, -0.2) is 59.5 Å². The maximum Gasteiger partial charge on any atom is 0.246 e. The van der Waals surface area contributed by atoms with Crippen molar-refractivity contribution in [2.24, 2.45) is 0 Å². The summed E-state index contributed by atoms with van der Waals surface area (Å²) in [5, 5.41) is 12.7. The van der Waals surface area contributed by atoms with E-state index in [1.807, 2.05) is 13.8 Å². The summed E-state index contributed by atoms with van der Waals surface area (Å²) in [5.74, 6) is 0. The van der Waals surface area contributed by atoms with Crippen molar-refractivity contribution in [3.8, 4) is 0 Å². The molecule has 0 saturated carbocycles. The number of aliphatic hydroxyl groups excluding tert-OH is 1. The summed E-state index contributed by atoms with van der Waals surface area (Å²) in [4.78, 5) is 0.152. The Bertz CT molecular complexity index is 538. The third kappa shape index (κ3) is 3.14. The molecule has 1 saturated heterocycles. The lowest BCUT2D eigenvalue weighted by Gasteiger charge is -2.37. The molecule has 19 heavy (non-hydrogen) atoms. The Morgan fingerprint density at radius 2 is 2.26 bits per heavy atom. The first kappa shape index (κ1) is 14.4. The van der Waals surface area contributed by atoms with Gasteiger partial charge in [0, 0.05) is 19.3 Å². The molecule has 1 aromatic rings. The lowest BCUT2D eigenvalue weighted by atomic mass is 10.1. The number of aromatic nitrogens is 2. The summed E-state index contributed by atoms with van der Waals surface area (Å²) < 4.78 is 33.2. The van der Waals surface area contributed by atoms with Crippen molar-refractivity contribution in [2.75, 3.05) is 26.3 Å². The second-order valence-electron chi connectivity index (χ2n) is 5.11. The van der Waals surface area contributed by atoms with Gasteiger partial charge in [0.1, 0.15) is 4.90 Å². The Labute approximate surface area is 112 Å². The van der Waals surface area contributed by atoms with E-state index in [1.165, 1.54) is 21.4 Å². The van der Waals surface area contributed by atoms with Crippen LogP contribution >= 0.6 is 0 Å². The quantitative estimate of drug-likeness (QED) is 0.821. The van der Waals surface area contributed by atoms with E-state index >= 15 is 0 Å². The summed E-state index contributed by atoms with van der Waals surface area (Å²) in [6.07, 6.45) is 2.75. The van der Waals surface area contributed by atoms with E-state index in [4.69, 9.17) is 9.84 Å². The highest BCUT2D eigenvalue weighted by molar-refractivity contribution is 7.89. The molecular formula is C11H19N3O4S. The van der Waals surface area contributed by atoms with Gasteiger partial charge in [0.15, 0.2) is 0 Å². The molecule has 1 aliphatic rings. The molecule has 0 unspecified atom stereocenters. The van der Waals surface area contributed by atoms with Crippen molar-refractivity contribution in [2.45, 2.75) is 30.9 Å². The zero-order valence-corrected chi connectivity index (χ0v) is 11.9. The van der Waals surface area contributed by atoms with E-state index < -0.39 is 15.6 Å². The van der Waals surface area contributed by atoms with Crippen LogP contribution in [0.5, 0.6) is 0 Å². The first-order valence-electron chi connectivity index (χ1n) is 6.13. The minimum atomic E-state index is -3.54. The molecule has 7 nitrogen and oxygen atoms in total. The minimum absolute atomic E-state index is 0.0776. The lowest BCUT2D eigenvalue weighted by molar-refractivity contribution is -0.0640. The number of aliphatic hydroxyl groups is 1. The number of hydrogen-bond acceptors (Lipinski definition) is 5. The first-order valence-corrected chi connectivity index (χ1v) is 7.57. The highest BCUT2D eigenvalue weighted by atomic mass is 32.2. The number of morpholine rings is 1. The molecule has 2 heterocycles. The number of hydrogen-bond donors (Lipinski definition) is 1. The molecule has 8 heteroatoms. The molecule has 0 amide bonds. The maximum absolute atomic E-state index is 12.4. The summed E-state index contributed by atoms with van der Waals surface area (Å²) in [6.45, 7) is 4.98. The van der Waals surface area contributed by atoms with E-state index in [0.717, 1.165) is 0 Å². The molecule has 0 aromatic carbocycles. The van der Waals surface area contributed by atoms with Crippen LogP contribution in [0.2, 0.25) is 0 Å². The van der Waals surface area contributed by atoms with Gasteiger partial charge in [-0.2, -0.15) is 9.40 Å². The van der Waals surface area contributed by atoms with E-state index in [2.05, 4.69) is 5.10 Å². The molecule has 0 aliphatic carbocycles. The van der Waals surface area contributed by atoms with E-state index in [-0.39, 0.29) is 18.0 Å². The highest BCUT2D eigenvalue weighted by Crippen LogP contribution is 2.23. The Kier molecular flexibility index (Phi) is 3.95. The Morgan fingerprint density at radius 1 is 1.53 bits per heavy atom. The van der Waals surface area contributed by atoms with Crippen LogP contribution < -0.4 is 0 Å². The Morgan fingerprint density at radius 3 is 2.89 bits per heavy atom. The van der Waals surface area contributed by atoms with Crippen LogP contribution in [0.4, 0.5) is 0 Å². The summed E-state index contributed by atoms with van der Waals surface area (Å²) >= 11 is 0. The topological polar surface area (TPSA) is 84.7 Å². The van der Waals surface area contributed by atoms with Gasteiger partial charge >= 0.3 is 0 Å². The molecule has 108 valence electrons. The second-order valence-corrected chi connectivity index (χ2v) is 7.05. The molecule has 1 fully saturated rings. The fraction of sp³-hybridized carbons (Fsp3) is 0.727. The SMILES string of the molecule is CC1(C)CN(S(=O)(=O)c2cnn(CCO)c2)CCO1. The normalized spacial score (nSPS) is 20.6. The van der Waals surface area contributed by atoms with E-state index in [1.54, 1.807) is 0 Å². The summed E-state index contributed by atoms with van der Waals surface area (Å²) in [6, 6.07) is 0. The van der Waals surface area contributed by atoms with Crippen molar-refractivity contribution < 1.29 is 18.3 Å². The third-order valence-electron chi connectivity index (χ3n) is 2.97. The third-order valence-corrected chi connectivity index (χ3v) is 4.77. The zero-order chi connectivity index (χ0) is 14.1. The first-order chi connectivity index (χ1) is 8.85. The van der Waals surface area contributed by atoms with Crippen LogP contribution in [-0.2, 0) is 21.3 Å². The molecular weight excluding hydrogens is 270 g/mol. The number of ether oxygens (including phenoxy) is 1. The van der Waals surface area contributed by atoms with Crippen LogP contribution in [0, 0.1) is 0 Å². The lowest BCUT2D eigenvalue weighted by Crippen LogP contribution is -2.50. The maximum atomic E-state index is 12.4. The smallest absolute Gasteiger partial charge is 0.246 e. The monoisotopic (exact) mass is 289 g/mol. The van der Waals surface area contributed by atoms with E-state index in [0.29, 0.717) is 19.7 Å². The predicted molar refractivity (Wildman–Crippen MR) is 68.1 cm³/mol. The molecule has 0 radical (unpaired) electrons. The Hall–Kier alpha value is -0.960. The van der Waals surface area contributed by atoms with Crippen LogP contribution in [0.3, 0.4) is 0 Å². The highest BCUT2D eigenvalue weighted by Gasteiger charge is 2.35. The fourth-order valence-corrected chi connectivity index (χ4v) is 3.56. The fourth-order valence-electron chi connectivity index (χ4n) is 2.03. The van der Waals surface area contributed by atoms with Crippen molar-refractivity contribution in [3.63, 3.8) is 0 Å². The van der Waals surface area contributed by atoms with Gasteiger partial charge in [0.25, 0.3) is 0 Å². The number of nitrogens with zero attached hydrogens (tertiary/aromatic N) is 3. The van der Waals surface area contributed by atoms with Gasteiger partial charge in [0.05, 0.1) is 31.6 Å². The largest absolute Gasteiger partial charge is 0.394 e. The van der Waals surface area contributed by atoms with Crippen molar-refractivity contribution in [1.82, 2.24) is 14.1 Å². The van der Waals surface area contributed by atoms with Crippen LogP contribution in [0.15, 0.2) is 17.3 Å². The summed E-state index contributed by atoms with van der Waals surface area (Å²) in [7, 11) is -3.54. The van der Waals surface area contributed by atoms with Gasteiger partial charge in [-0.05, 0) is 13.8 Å². The second kappa shape index (κ2) is 5.20. The van der Waals surface area contributed by atoms with Crippen molar-refractivity contribution >= 4 is 10.0 Å². The van der Waals surface area contributed by atoms with Gasteiger partial charge in [0.2, 0.25) is 10.0 Å². The van der Waals surface area contributed by atoms with Crippen LogP contribution in [0.1, 0.15) is 13.8 Å². The van der Waals surface area contributed by atoms with Crippen molar-refractivity contribution in [3.05, 3.63) is 12.4 Å². The molecule has 0 atom stereocenters. The summed E-state index contributed by atoms with van der Waals surface area (Å²) in [5.41, 5.74) is -0.480. The average molecular weight is 289 g/mol.